The number of nitrogens with one attached hydrogen (secondary N) is 1. The van der Waals surface area contributed by atoms with Crippen LogP contribution in [0.3, 0.4) is 0 Å². The number of benzene rings is 2. The Kier molecular flexibility index (Phi) is 8.21. The van der Waals surface area contributed by atoms with E-state index in [0.717, 1.165) is 5.75 Å². The summed E-state index contributed by atoms with van der Waals surface area (Å²) in [4.78, 5) is 12.2. The van der Waals surface area contributed by atoms with Crippen LogP contribution in [-0.2, 0) is 4.79 Å². The summed E-state index contributed by atoms with van der Waals surface area (Å²) in [6.45, 7) is 2.21. The van der Waals surface area contributed by atoms with Gasteiger partial charge in [-0.25, -0.2) is 0 Å². The number of amides is 1. The minimum Gasteiger partial charge on any atom is -0.497 e. The monoisotopic (exact) mass is 401 g/mol. The molecule has 0 saturated heterocycles. The molecule has 2 rings (SSSR count). The molecular weight excluding hydrogens is 374 g/mol. The van der Waals surface area contributed by atoms with Gasteiger partial charge in [-0.2, -0.15) is 0 Å². The predicted octanol–water partition coefficient (Wildman–Crippen LogP) is 3.32. The molecule has 2 aromatic carbocycles. The summed E-state index contributed by atoms with van der Waals surface area (Å²) >= 11 is 0. The molecule has 0 radical (unpaired) electrons. The molecule has 0 bridgehead atoms. The number of ether oxygens (including phenoxy) is 5. The topological polar surface area (TPSA) is 75.3 Å². The first-order valence-electron chi connectivity index (χ1n) is 9.06. The van der Waals surface area contributed by atoms with Crippen molar-refractivity contribution in [1.29, 1.82) is 0 Å². The number of hydrogen-bond acceptors (Lipinski definition) is 6. The first kappa shape index (κ1) is 21.9. The molecule has 0 saturated carbocycles. The summed E-state index contributed by atoms with van der Waals surface area (Å²) in [6.07, 6.45) is 3.10. The van der Waals surface area contributed by atoms with Crippen molar-refractivity contribution in [2.24, 2.45) is 0 Å². The molecule has 7 heteroatoms. The van der Waals surface area contributed by atoms with E-state index in [0.29, 0.717) is 35.2 Å². The van der Waals surface area contributed by atoms with Crippen LogP contribution in [0.5, 0.6) is 28.7 Å². The van der Waals surface area contributed by atoms with E-state index >= 15 is 0 Å². The van der Waals surface area contributed by atoms with Crippen molar-refractivity contribution in [3.05, 3.63) is 48.0 Å². The fraction of sp³-hybridized carbons (Fsp3) is 0.318. The van der Waals surface area contributed by atoms with Crippen LogP contribution in [-0.4, -0.2) is 47.0 Å². The molecule has 0 aromatic heterocycles. The van der Waals surface area contributed by atoms with Crippen LogP contribution in [0.15, 0.2) is 42.5 Å². The number of carbonyl (C=O) groups is 1. The highest BCUT2D eigenvalue weighted by Crippen LogP contribution is 2.40. The molecule has 29 heavy (non-hydrogen) atoms. The van der Waals surface area contributed by atoms with E-state index in [9.17, 15) is 4.79 Å². The van der Waals surface area contributed by atoms with Crippen LogP contribution in [0.25, 0.3) is 6.08 Å². The van der Waals surface area contributed by atoms with Gasteiger partial charge in [0.1, 0.15) is 18.1 Å². The van der Waals surface area contributed by atoms with Crippen molar-refractivity contribution in [3.8, 4) is 28.7 Å². The Morgan fingerprint density at radius 2 is 1.55 bits per heavy atom. The van der Waals surface area contributed by atoms with Crippen molar-refractivity contribution < 1.29 is 28.5 Å². The Balaban J connectivity index is 1.94. The van der Waals surface area contributed by atoms with Gasteiger partial charge in [0.15, 0.2) is 11.5 Å². The third-order valence-corrected chi connectivity index (χ3v) is 4.10. The maximum atomic E-state index is 12.2. The normalized spacial score (nSPS) is 11.6. The van der Waals surface area contributed by atoms with Crippen LogP contribution in [0, 0.1) is 0 Å². The van der Waals surface area contributed by atoms with Gasteiger partial charge in [0, 0.05) is 11.6 Å². The molecule has 156 valence electrons. The summed E-state index contributed by atoms with van der Waals surface area (Å²) < 4.78 is 26.8. The fourth-order valence-electron chi connectivity index (χ4n) is 2.65. The maximum absolute atomic E-state index is 12.2. The summed E-state index contributed by atoms with van der Waals surface area (Å²) in [5, 5.41) is 2.86. The van der Waals surface area contributed by atoms with E-state index < -0.39 is 0 Å². The van der Waals surface area contributed by atoms with Gasteiger partial charge in [-0.3, -0.25) is 4.79 Å². The van der Waals surface area contributed by atoms with Gasteiger partial charge in [-0.1, -0.05) is 0 Å². The van der Waals surface area contributed by atoms with Gasteiger partial charge in [0.25, 0.3) is 0 Å². The van der Waals surface area contributed by atoms with Crippen molar-refractivity contribution in [1.82, 2.24) is 5.32 Å². The van der Waals surface area contributed by atoms with Crippen molar-refractivity contribution in [2.45, 2.75) is 13.0 Å². The molecule has 0 fully saturated rings. The molecule has 0 unspecified atom stereocenters. The molecular formula is C22H27NO6. The highest BCUT2D eigenvalue weighted by Gasteiger charge is 2.14. The van der Waals surface area contributed by atoms with Gasteiger partial charge >= 0.3 is 0 Å². The van der Waals surface area contributed by atoms with Gasteiger partial charge in [0.05, 0.1) is 34.5 Å². The second-order valence-corrected chi connectivity index (χ2v) is 6.15. The maximum Gasteiger partial charge on any atom is 0.244 e. The summed E-state index contributed by atoms with van der Waals surface area (Å²) in [5.41, 5.74) is 0.697. The second kappa shape index (κ2) is 10.8. The van der Waals surface area contributed by atoms with Crippen LogP contribution in [0.1, 0.15) is 12.5 Å². The molecule has 0 aliphatic carbocycles. The lowest BCUT2D eigenvalue weighted by molar-refractivity contribution is -0.117. The third kappa shape index (κ3) is 6.07. The van der Waals surface area contributed by atoms with E-state index in [1.165, 1.54) is 20.3 Å². The average Bonchev–Trinajstić information content (AvgIpc) is 2.75. The fourth-order valence-corrected chi connectivity index (χ4v) is 2.65. The summed E-state index contributed by atoms with van der Waals surface area (Å²) in [5.74, 6) is 2.74. The predicted molar refractivity (Wildman–Crippen MR) is 111 cm³/mol. The van der Waals surface area contributed by atoms with E-state index in [1.54, 1.807) is 32.4 Å². The molecule has 0 spiro atoms. The second-order valence-electron chi connectivity index (χ2n) is 6.15. The molecule has 1 atom stereocenters. The Morgan fingerprint density at radius 3 is 2.14 bits per heavy atom. The highest BCUT2D eigenvalue weighted by molar-refractivity contribution is 5.92. The molecule has 1 N–H and O–H groups in total. The zero-order valence-electron chi connectivity index (χ0n) is 17.4. The van der Waals surface area contributed by atoms with E-state index in [-0.39, 0.29) is 11.9 Å². The molecule has 0 aliphatic heterocycles. The van der Waals surface area contributed by atoms with Gasteiger partial charge < -0.3 is 29.0 Å². The Morgan fingerprint density at radius 1 is 0.897 bits per heavy atom. The standard InChI is InChI=1S/C22H27NO6/c1-15(14-29-18-10-8-17(25-2)9-11-18)23-20(24)13-7-16-6-12-19(26-3)22(28-5)21(16)27-4/h6-13,15H,14H2,1-5H3,(H,23,24)/b13-7+/t15-/m0/s1. The van der Waals surface area contributed by atoms with E-state index in [4.69, 9.17) is 23.7 Å². The third-order valence-electron chi connectivity index (χ3n) is 4.10. The number of carbonyl (C=O) groups excluding carboxylic acids is 1. The van der Waals surface area contributed by atoms with Gasteiger partial charge in [-0.05, 0) is 49.4 Å². The first-order chi connectivity index (χ1) is 14.0. The first-order valence-corrected chi connectivity index (χ1v) is 9.06. The minimum absolute atomic E-state index is 0.179. The van der Waals surface area contributed by atoms with Crippen molar-refractivity contribution >= 4 is 12.0 Å². The lowest BCUT2D eigenvalue weighted by Crippen LogP contribution is -2.35. The lowest BCUT2D eigenvalue weighted by atomic mass is 10.1. The highest BCUT2D eigenvalue weighted by atomic mass is 16.5. The molecule has 0 heterocycles. The zero-order chi connectivity index (χ0) is 21.2. The lowest BCUT2D eigenvalue weighted by Gasteiger charge is -2.15. The van der Waals surface area contributed by atoms with E-state index in [2.05, 4.69) is 5.32 Å². The van der Waals surface area contributed by atoms with Gasteiger partial charge in [-0.15, -0.1) is 0 Å². The molecule has 0 aliphatic rings. The largest absolute Gasteiger partial charge is 0.497 e. The van der Waals surface area contributed by atoms with Crippen LogP contribution in [0.2, 0.25) is 0 Å². The van der Waals surface area contributed by atoms with E-state index in [1.807, 2.05) is 31.2 Å². The average molecular weight is 401 g/mol. The minimum atomic E-state index is -0.243. The molecule has 2 aromatic rings. The summed E-state index contributed by atoms with van der Waals surface area (Å²) in [7, 11) is 6.23. The van der Waals surface area contributed by atoms with Gasteiger partial charge in [0.2, 0.25) is 11.7 Å². The quantitative estimate of drug-likeness (QED) is 0.616. The van der Waals surface area contributed by atoms with Crippen molar-refractivity contribution in [3.63, 3.8) is 0 Å². The number of hydrogen-bond donors (Lipinski definition) is 1. The van der Waals surface area contributed by atoms with Crippen molar-refractivity contribution in [2.75, 3.05) is 35.0 Å². The number of methoxy groups -OCH3 is 4. The Labute approximate surface area is 171 Å². The van der Waals surface area contributed by atoms with Crippen LogP contribution < -0.4 is 29.0 Å². The van der Waals surface area contributed by atoms with Crippen LogP contribution in [0.4, 0.5) is 0 Å². The zero-order valence-corrected chi connectivity index (χ0v) is 17.4. The summed E-state index contributed by atoms with van der Waals surface area (Å²) in [6, 6.07) is 10.6. The molecule has 7 nitrogen and oxygen atoms in total. The number of rotatable bonds is 10. The smallest absolute Gasteiger partial charge is 0.244 e. The SMILES string of the molecule is COc1ccc(OC[C@H](C)NC(=O)/C=C/c2ccc(OC)c(OC)c2OC)cc1. The molecule has 1 amide bonds. The Bertz CT molecular complexity index is 832. The Hall–Kier alpha value is -3.35. The van der Waals surface area contributed by atoms with Crippen LogP contribution >= 0.6 is 0 Å².